The molecule has 1 aliphatic heterocycles. The largest absolute Gasteiger partial charge is 0.396 e. The van der Waals surface area contributed by atoms with Gasteiger partial charge in [0, 0.05) is 26.3 Å². The van der Waals surface area contributed by atoms with Crippen molar-refractivity contribution in [2.75, 3.05) is 39.5 Å². The van der Waals surface area contributed by atoms with Gasteiger partial charge in [-0.25, -0.2) is 0 Å². The van der Waals surface area contributed by atoms with Gasteiger partial charge in [0.1, 0.15) is 0 Å². The maximum atomic E-state index is 8.78. The summed E-state index contributed by atoms with van der Waals surface area (Å²) in [5, 5.41) is 8.78. The molecular formula is C10H21NO2. The fourth-order valence-corrected chi connectivity index (χ4v) is 1.87. The summed E-state index contributed by atoms with van der Waals surface area (Å²) in [7, 11) is 0. The highest BCUT2D eigenvalue weighted by Gasteiger charge is 2.20. The van der Waals surface area contributed by atoms with E-state index in [1.807, 2.05) is 6.92 Å². The zero-order chi connectivity index (χ0) is 9.52. The van der Waals surface area contributed by atoms with Gasteiger partial charge in [-0.05, 0) is 32.2 Å². The van der Waals surface area contributed by atoms with Gasteiger partial charge in [0.05, 0.1) is 6.61 Å². The van der Waals surface area contributed by atoms with Crippen LogP contribution < -0.4 is 0 Å². The normalized spacial score (nSPS) is 24.0. The van der Waals surface area contributed by atoms with Crippen LogP contribution in [0, 0.1) is 5.92 Å². The van der Waals surface area contributed by atoms with E-state index >= 15 is 0 Å². The molecule has 1 N–H and O–H groups in total. The maximum Gasteiger partial charge on any atom is 0.0593 e. The van der Waals surface area contributed by atoms with Crippen molar-refractivity contribution in [2.24, 2.45) is 5.92 Å². The SMILES string of the molecule is CCOCCN1CCC(CCO)C1. The molecule has 1 saturated heterocycles. The van der Waals surface area contributed by atoms with Crippen molar-refractivity contribution in [2.45, 2.75) is 19.8 Å². The van der Waals surface area contributed by atoms with Crippen LogP contribution in [0.3, 0.4) is 0 Å². The Hall–Kier alpha value is -0.120. The number of hydrogen-bond acceptors (Lipinski definition) is 3. The summed E-state index contributed by atoms with van der Waals surface area (Å²) in [6, 6.07) is 0. The highest BCUT2D eigenvalue weighted by Crippen LogP contribution is 2.18. The molecule has 1 aliphatic rings. The first-order valence-corrected chi connectivity index (χ1v) is 5.27. The van der Waals surface area contributed by atoms with E-state index < -0.39 is 0 Å². The zero-order valence-corrected chi connectivity index (χ0v) is 8.54. The summed E-state index contributed by atoms with van der Waals surface area (Å²) in [5.41, 5.74) is 0. The summed E-state index contributed by atoms with van der Waals surface area (Å²) in [6.45, 7) is 7.40. The van der Waals surface area contributed by atoms with Crippen LogP contribution in [0.15, 0.2) is 0 Å². The van der Waals surface area contributed by atoms with Crippen LogP contribution in [0.5, 0.6) is 0 Å². The van der Waals surface area contributed by atoms with Crippen LogP contribution in [0.4, 0.5) is 0 Å². The average Bonchev–Trinajstić information content (AvgIpc) is 2.54. The van der Waals surface area contributed by atoms with Crippen molar-refractivity contribution >= 4 is 0 Å². The topological polar surface area (TPSA) is 32.7 Å². The van der Waals surface area contributed by atoms with E-state index in [2.05, 4.69) is 4.90 Å². The van der Waals surface area contributed by atoms with Gasteiger partial charge in [-0.1, -0.05) is 0 Å². The molecule has 3 heteroatoms. The van der Waals surface area contributed by atoms with Crippen molar-refractivity contribution in [3.63, 3.8) is 0 Å². The molecule has 1 fully saturated rings. The van der Waals surface area contributed by atoms with Crippen LogP contribution in [0.25, 0.3) is 0 Å². The van der Waals surface area contributed by atoms with Gasteiger partial charge >= 0.3 is 0 Å². The minimum Gasteiger partial charge on any atom is -0.396 e. The monoisotopic (exact) mass is 187 g/mol. The van der Waals surface area contributed by atoms with Crippen LogP contribution >= 0.6 is 0 Å². The first-order chi connectivity index (χ1) is 6.36. The summed E-state index contributed by atoms with van der Waals surface area (Å²) in [5.74, 6) is 0.714. The van der Waals surface area contributed by atoms with E-state index in [9.17, 15) is 0 Å². The molecule has 0 aliphatic carbocycles. The molecule has 0 bridgehead atoms. The average molecular weight is 187 g/mol. The molecular weight excluding hydrogens is 166 g/mol. The summed E-state index contributed by atoms with van der Waals surface area (Å²) < 4.78 is 5.30. The highest BCUT2D eigenvalue weighted by atomic mass is 16.5. The second-order valence-electron chi connectivity index (χ2n) is 3.66. The minimum atomic E-state index is 0.337. The minimum absolute atomic E-state index is 0.337. The van der Waals surface area contributed by atoms with Gasteiger partial charge in [0.25, 0.3) is 0 Å². The molecule has 1 rings (SSSR count). The van der Waals surface area contributed by atoms with Gasteiger partial charge in [-0.3, -0.25) is 0 Å². The lowest BCUT2D eigenvalue weighted by molar-refractivity contribution is 0.120. The molecule has 0 saturated carbocycles. The Labute approximate surface area is 80.7 Å². The smallest absolute Gasteiger partial charge is 0.0593 e. The Kier molecular flexibility index (Phi) is 5.35. The number of aliphatic hydroxyl groups excluding tert-OH is 1. The maximum absolute atomic E-state index is 8.78. The molecule has 1 atom stereocenters. The molecule has 0 aromatic heterocycles. The lowest BCUT2D eigenvalue weighted by Crippen LogP contribution is -2.25. The molecule has 0 spiro atoms. The van der Waals surface area contributed by atoms with Crippen molar-refractivity contribution in [1.82, 2.24) is 4.90 Å². The van der Waals surface area contributed by atoms with E-state index in [4.69, 9.17) is 9.84 Å². The fraction of sp³-hybridized carbons (Fsp3) is 1.00. The number of likely N-dealkylation sites (tertiary alicyclic amines) is 1. The summed E-state index contributed by atoms with van der Waals surface area (Å²) in [4.78, 5) is 2.43. The van der Waals surface area contributed by atoms with Crippen LogP contribution in [0.1, 0.15) is 19.8 Å². The van der Waals surface area contributed by atoms with Crippen LogP contribution in [0.2, 0.25) is 0 Å². The fourth-order valence-electron chi connectivity index (χ4n) is 1.87. The number of aliphatic hydroxyl groups is 1. The number of nitrogens with zero attached hydrogens (tertiary/aromatic N) is 1. The molecule has 0 aromatic rings. The van der Waals surface area contributed by atoms with Gasteiger partial charge in [0.2, 0.25) is 0 Å². The van der Waals surface area contributed by atoms with Gasteiger partial charge in [-0.2, -0.15) is 0 Å². The van der Waals surface area contributed by atoms with Gasteiger partial charge < -0.3 is 14.7 Å². The van der Waals surface area contributed by atoms with Gasteiger partial charge in [-0.15, -0.1) is 0 Å². The third-order valence-corrected chi connectivity index (χ3v) is 2.66. The Balaban J connectivity index is 2.03. The lowest BCUT2D eigenvalue weighted by Gasteiger charge is -2.15. The second-order valence-corrected chi connectivity index (χ2v) is 3.66. The van der Waals surface area contributed by atoms with E-state index in [0.717, 1.165) is 32.7 Å². The standard InChI is InChI=1S/C10H21NO2/c1-2-13-8-6-11-5-3-10(9-11)4-7-12/h10,12H,2-9H2,1H3. The quantitative estimate of drug-likeness (QED) is 0.622. The second kappa shape index (κ2) is 6.35. The summed E-state index contributed by atoms with van der Waals surface area (Å²) in [6.07, 6.45) is 2.21. The third kappa shape index (κ3) is 4.07. The molecule has 0 amide bonds. The van der Waals surface area contributed by atoms with Gasteiger partial charge in [0.15, 0.2) is 0 Å². The number of rotatable bonds is 6. The highest BCUT2D eigenvalue weighted by molar-refractivity contribution is 4.74. The zero-order valence-electron chi connectivity index (χ0n) is 8.54. The molecule has 0 radical (unpaired) electrons. The predicted octanol–water partition coefficient (Wildman–Crippen LogP) is 0.727. The third-order valence-electron chi connectivity index (χ3n) is 2.66. The molecule has 78 valence electrons. The Bertz CT molecular complexity index is 130. The first kappa shape index (κ1) is 11.0. The first-order valence-electron chi connectivity index (χ1n) is 5.27. The number of hydrogen-bond donors (Lipinski definition) is 1. The Morgan fingerprint density at radius 3 is 3.08 bits per heavy atom. The van der Waals surface area contributed by atoms with Crippen molar-refractivity contribution in [3.05, 3.63) is 0 Å². The lowest BCUT2D eigenvalue weighted by atomic mass is 10.1. The Morgan fingerprint density at radius 2 is 2.38 bits per heavy atom. The number of ether oxygens (including phenoxy) is 1. The van der Waals surface area contributed by atoms with E-state index in [-0.39, 0.29) is 0 Å². The van der Waals surface area contributed by atoms with E-state index in [1.54, 1.807) is 0 Å². The molecule has 1 heterocycles. The van der Waals surface area contributed by atoms with Crippen molar-refractivity contribution < 1.29 is 9.84 Å². The summed E-state index contributed by atoms with van der Waals surface area (Å²) >= 11 is 0. The Morgan fingerprint density at radius 1 is 1.54 bits per heavy atom. The van der Waals surface area contributed by atoms with E-state index in [0.29, 0.717) is 12.5 Å². The van der Waals surface area contributed by atoms with Crippen molar-refractivity contribution in [1.29, 1.82) is 0 Å². The molecule has 1 unspecified atom stereocenters. The van der Waals surface area contributed by atoms with Crippen LogP contribution in [-0.2, 0) is 4.74 Å². The molecule has 13 heavy (non-hydrogen) atoms. The molecule has 0 aromatic carbocycles. The van der Waals surface area contributed by atoms with Crippen LogP contribution in [-0.4, -0.2) is 49.5 Å². The van der Waals surface area contributed by atoms with E-state index in [1.165, 1.54) is 13.0 Å². The van der Waals surface area contributed by atoms with Crippen molar-refractivity contribution in [3.8, 4) is 0 Å². The predicted molar refractivity (Wildman–Crippen MR) is 52.7 cm³/mol. The molecule has 3 nitrogen and oxygen atoms in total.